The molecule has 0 aliphatic rings. The molecule has 0 saturated carbocycles. The Morgan fingerprint density at radius 1 is 1.36 bits per heavy atom. The van der Waals surface area contributed by atoms with E-state index in [9.17, 15) is 0 Å². The lowest BCUT2D eigenvalue weighted by molar-refractivity contribution is 0.793. The normalized spacial score (nSPS) is 11.8. The zero-order valence-electron chi connectivity index (χ0n) is 8.97. The minimum Gasteiger partial charge on any atom is -0.227 e. The Hall–Kier alpha value is -0.0900. The van der Waals surface area contributed by atoms with E-state index in [0.717, 1.165) is 21.9 Å². The lowest BCUT2D eigenvalue weighted by Crippen LogP contribution is -2.08. The van der Waals surface area contributed by atoms with Gasteiger partial charge >= 0.3 is 0 Å². The summed E-state index contributed by atoms with van der Waals surface area (Å²) in [5.74, 6) is 0.895. The molecule has 1 aromatic heterocycles. The highest BCUT2D eigenvalue weighted by atomic mass is 79.9. The highest BCUT2D eigenvalue weighted by molar-refractivity contribution is 9.10. The van der Waals surface area contributed by atoms with Crippen LogP contribution in [0.5, 0.6) is 0 Å². The minimum atomic E-state index is 0.193. The molecule has 0 atom stereocenters. The monoisotopic (exact) mass is 274 g/mol. The first-order chi connectivity index (χ1) is 6.40. The van der Waals surface area contributed by atoms with Crippen LogP contribution in [0.3, 0.4) is 0 Å². The van der Waals surface area contributed by atoms with Crippen molar-refractivity contribution < 1.29 is 0 Å². The van der Waals surface area contributed by atoms with E-state index in [0.29, 0.717) is 0 Å². The van der Waals surface area contributed by atoms with Crippen LogP contribution in [0.4, 0.5) is 0 Å². The lowest BCUT2D eigenvalue weighted by Gasteiger charge is -2.16. The standard InChI is InChI=1S/C10H15BrN2S/c1-5-8-12-7(11)6-9(13-8)14-10(2,3)4/h6H,5H2,1-4H3. The zero-order valence-corrected chi connectivity index (χ0v) is 11.4. The molecule has 0 aliphatic carbocycles. The second kappa shape index (κ2) is 4.62. The van der Waals surface area contributed by atoms with Crippen molar-refractivity contribution in [2.45, 2.75) is 43.9 Å². The summed E-state index contributed by atoms with van der Waals surface area (Å²) in [6, 6.07) is 1.97. The van der Waals surface area contributed by atoms with E-state index in [-0.39, 0.29) is 4.75 Å². The molecule has 0 unspecified atom stereocenters. The summed E-state index contributed by atoms with van der Waals surface area (Å²) in [4.78, 5) is 8.73. The number of halogens is 1. The molecule has 0 aliphatic heterocycles. The molecular weight excluding hydrogens is 260 g/mol. The molecule has 0 aromatic carbocycles. The van der Waals surface area contributed by atoms with Crippen LogP contribution >= 0.6 is 27.7 Å². The molecule has 0 bridgehead atoms. The average Bonchev–Trinajstić information content (AvgIpc) is 1.99. The van der Waals surface area contributed by atoms with E-state index in [1.807, 2.05) is 6.07 Å². The van der Waals surface area contributed by atoms with Gasteiger partial charge < -0.3 is 0 Å². The first-order valence-electron chi connectivity index (χ1n) is 4.63. The zero-order chi connectivity index (χ0) is 10.8. The summed E-state index contributed by atoms with van der Waals surface area (Å²) < 4.78 is 1.06. The molecule has 14 heavy (non-hydrogen) atoms. The third kappa shape index (κ3) is 3.96. The average molecular weight is 275 g/mol. The summed E-state index contributed by atoms with van der Waals surface area (Å²) in [5, 5.41) is 1.04. The van der Waals surface area contributed by atoms with Crippen LogP contribution in [0.25, 0.3) is 0 Å². The van der Waals surface area contributed by atoms with Crippen molar-refractivity contribution in [1.29, 1.82) is 0 Å². The number of aromatic nitrogens is 2. The summed E-state index contributed by atoms with van der Waals surface area (Å²) in [5.41, 5.74) is 0. The van der Waals surface area contributed by atoms with Crippen LogP contribution in [0, 0.1) is 0 Å². The van der Waals surface area contributed by atoms with E-state index >= 15 is 0 Å². The van der Waals surface area contributed by atoms with Crippen molar-refractivity contribution in [3.63, 3.8) is 0 Å². The molecule has 0 fully saturated rings. The predicted molar refractivity (Wildman–Crippen MR) is 64.7 cm³/mol. The van der Waals surface area contributed by atoms with Gasteiger partial charge in [-0.3, -0.25) is 0 Å². The molecule has 2 nitrogen and oxygen atoms in total. The van der Waals surface area contributed by atoms with Gasteiger partial charge in [0, 0.05) is 17.2 Å². The maximum atomic E-state index is 4.46. The molecule has 1 heterocycles. The van der Waals surface area contributed by atoms with Crippen LogP contribution in [0.15, 0.2) is 15.7 Å². The van der Waals surface area contributed by atoms with Gasteiger partial charge in [0.1, 0.15) is 15.5 Å². The van der Waals surface area contributed by atoms with Crippen molar-refractivity contribution in [2.75, 3.05) is 0 Å². The molecule has 0 radical (unpaired) electrons. The fourth-order valence-electron chi connectivity index (χ4n) is 0.966. The maximum absolute atomic E-state index is 4.46. The van der Waals surface area contributed by atoms with Gasteiger partial charge in [0.25, 0.3) is 0 Å². The Balaban J connectivity index is 2.92. The van der Waals surface area contributed by atoms with E-state index < -0.39 is 0 Å². The molecule has 0 N–H and O–H groups in total. The van der Waals surface area contributed by atoms with Gasteiger partial charge in [0.05, 0.1) is 0 Å². The van der Waals surface area contributed by atoms with Gasteiger partial charge in [0.2, 0.25) is 0 Å². The maximum Gasteiger partial charge on any atom is 0.130 e. The topological polar surface area (TPSA) is 25.8 Å². The quantitative estimate of drug-likeness (QED) is 0.608. The summed E-state index contributed by atoms with van der Waals surface area (Å²) in [7, 11) is 0. The van der Waals surface area contributed by atoms with Crippen molar-refractivity contribution >= 4 is 27.7 Å². The fourth-order valence-corrected chi connectivity index (χ4v) is 2.49. The van der Waals surface area contributed by atoms with Gasteiger partial charge in [-0.05, 0) is 15.9 Å². The number of hydrogen-bond acceptors (Lipinski definition) is 3. The van der Waals surface area contributed by atoms with Crippen molar-refractivity contribution in [3.8, 4) is 0 Å². The second-order valence-corrected chi connectivity index (χ2v) is 6.67. The number of thioether (sulfide) groups is 1. The fraction of sp³-hybridized carbons (Fsp3) is 0.600. The molecule has 0 saturated heterocycles. The number of nitrogens with zero attached hydrogens (tertiary/aromatic N) is 2. The van der Waals surface area contributed by atoms with Gasteiger partial charge in [-0.1, -0.05) is 27.7 Å². The Kier molecular flexibility index (Phi) is 3.95. The number of hydrogen-bond donors (Lipinski definition) is 0. The SMILES string of the molecule is CCc1nc(Br)cc(SC(C)(C)C)n1. The Bertz CT molecular complexity index is 320. The highest BCUT2D eigenvalue weighted by Crippen LogP contribution is 2.31. The van der Waals surface area contributed by atoms with E-state index in [4.69, 9.17) is 0 Å². The van der Waals surface area contributed by atoms with Crippen LogP contribution < -0.4 is 0 Å². The number of aryl methyl sites for hydroxylation is 1. The van der Waals surface area contributed by atoms with E-state index in [1.165, 1.54) is 0 Å². The summed E-state index contributed by atoms with van der Waals surface area (Å²) >= 11 is 5.16. The Labute approximate surface area is 98.1 Å². The lowest BCUT2D eigenvalue weighted by atomic mass is 10.3. The van der Waals surface area contributed by atoms with Crippen molar-refractivity contribution in [3.05, 3.63) is 16.5 Å². The first kappa shape index (κ1) is 12.0. The molecule has 1 rings (SSSR count). The van der Waals surface area contributed by atoms with E-state index in [2.05, 4.69) is 53.6 Å². The highest BCUT2D eigenvalue weighted by Gasteiger charge is 2.14. The Morgan fingerprint density at radius 2 is 2.00 bits per heavy atom. The van der Waals surface area contributed by atoms with Gasteiger partial charge in [0.15, 0.2) is 0 Å². The minimum absolute atomic E-state index is 0.193. The summed E-state index contributed by atoms with van der Waals surface area (Å²) in [6.45, 7) is 8.60. The first-order valence-corrected chi connectivity index (χ1v) is 6.24. The Morgan fingerprint density at radius 3 is 2.50 bits per heavy atom. The van der Waals surface area contributed by atoms with Crippen LogP contribution in [0.1, 0.15) is 33.5 Å². The van der Waals surface area contributed by atoms with Crippen molar-refractivity contribution in [1.82, 2.24) is 9.97 Å². The molecule has 1 aromatic rings. The van der Waals surface area contributed by atoms with Gasteiger partial charge in [-0.2, -0.15) is 0 Å². The molecule has 4 heteroatoms. The third-order valence-corrected chi connectivity index (χ3v) is 2.88. The predicted octanol–water partition coefficient (Wildman–Crippen LogP) is 3.69. The van der Waals surface area contributed by atoms with Gasteiger partial charge in [-0.25, -0.2) is 9.97 Å². The van der Waals surface area contributed by atoms with Crippen LogP contribution in [-0.2, 0) is 6.42 Å². The van der Waals surface area contributed by atoms with Crippen molar-refractivity contribution in [2.24, 2.45) is 0 Å². The molecule has 0 amide bonds. The van der Waals surface area contributed by atoms with Gasteiger partial charge in [-0.15, -0.1) is 11.8 Å². The largest absolute Gasteiger partial charge is 0.227 e. The second-order valence-electron chi connectivity index (χ2n) is 4.01. The molecular formula is C10H15BrN2S. The smallest absolute Gasteiger partial charge is 0.130 e. The third-order valence-electron chi connectivity index (χ3n) is 1.44. The molecule has 0 spiro atoms. The van der Waals surface area contributed by atoms with Crippen LogP contribution in [-0.4, -0.2) is 14.7 Å². The summed E-state index contributed by atoms with van der Waals surface area (Å²) in [6.07, 6.45) is 0.872. The number of rotatable bonds is 2. The molecule has 78 valence electrons. The van der Waals surface area contributed by atoms with Crippen LogP contribution in [0.2, 0.25) is 0 Å². The van der Waals surface area contributed by atoms with E-state index in [1.54, 1.807) is 11.8 Å².